The number of benzene rings is 1. The van der Waals surface area contributed by atoms with Crippen LogP contribution in [0.3, 0.4) is 0 Å². The van der Waals surface area contributed by atoms with Crippen LogP contribution in [0.25, 0.3) is 0 Å². The first-order valence-corrected chi connectivity index (χ1v) is 6.25. The molecule has 0 bridgehead atoms. The van der Waals surface area contributed by atoms with E-state index in [1.165, 1.54) is 12.0 Å². The van der Waals surface area contributed by atoms with Gasteiger partial charge >= 0.3 is 5.97 Å². The third-order valence-corrected chi connectivity index (χ3v) is 3.42. The van der Waals surface area contributed by atoms with Crippen molar-refractivity contribution in [1.29, 1.82) is 0 Å². The van der Waals surface area contributed by atoms with Crippen molar-refractivity contribution in [2.24, 2.45) is 0 Å². The second kappa shape index (κ2) is 5.82. The van der Waals surface area contributed by atoms with Crippen LogP contribution in [0.2, 0.25) is 0 Å². The number of nitrogens with zero attached hydrogens (tertiary/aromatic N) is 1. The Hall–Kier alpha value is -1.35. The summed E-state index contributed by atoms with van der Waals surface area (Å²) in [5.74, 6) is -0.684. The Morgan fingerprint density at radius 1 is 1.35 bits per heavy atom. The summed E-state index contributed by atoms with van der Waals surface area (Å²) in [6.07, 6.45) is 3.40. The molecule has 1 aliphatic heterocycles. The molecule has 0 saturated carbocycles. The normalized spacial score (nSPS) is 20.6. The molecule has 17 heavy (non-hydrogen) atoms. The standard InChI is InChI=1S/C14H19NO2/c16-14(17)9-8-13-7-4-10-15(13)11-12-5-2-1-3-6-12/h1-3,5-6,13H,4,7-11H2,(H,16,17). The highest BCUT2D eigenvalue weighted by Gasteiger charge is 2.24. The second-order valence-corrected chi connectivity index (χ2v) is 4.68. The van der Waals surface area contributed by atoms with Crippen LogP contribution >= 0.6 is 0 Å². The van der Waals surface area contributed by atoms with Gasteiger partial charge in [0.2, 0.25) is 0 Å². The minimum atomic E-state index is -0.684. The molecular weight excluding hydrogens is 214 g/mol. The molecule has 1 unspecified atom stereocenters. The summed E-state index contributed by atoms with van der Waals surface area (Å²) in [6.45, 7) is 2.05. The zero-order valence-corrected chi connectivity index (χ0v) is 10.0. The van der Waals surface area contributed by atoms with E-state index in [0.717, 1.165) is 25.9 Å². The molecule has 0 radical (unpaired) electrons. The fourth-order valence-corrected chi connectivity index (χ4v) is 2.54. The van der Waals surface area contributed by atoms with Crippen LogP contribution in [-0.4, -0.2) is 28.6 Å². The van der Waals surface area contributed by atoms with Crippen molar-refractivity contribution in [3.63, 3.8) is 0 Å². The van der Waals surface area contributed by atoms with E-state index in [2.05, 4.69) is 29.2 Å². The fourth-order valence-electron chi connectivity index (χ4n) is 2.54. The summed E-state index contributed by atoms with van der Waals surface area (Å²) in [5.41, 5.74) is 1.31. The quantitative estimate of drug-likeness (QED) is 0.849. The van der Waals surface area contributed by atoms with Gasteiger partial charge in [0.15, 0.2) is 0 Å². The lowest BCUT2D eigenvalue weighted by Crippen LogP contribution is -2.29. The van der Waals surface area contributed by atoms with Crippen molar-refractivity contribution >= 4 is 5.97 Å². The number of carboxylic acids is 1. The lowest BCUT2D eigenvalue weighted by molar-refractivity contribution is -0.137. The van der Waals surface area contributed by atoms with E-state index in [-0.39, 0.29) is 6.42 Å². The maximum Gasteiger partial charge on any atom is 0.303 e. The van der Waals surface area contributed by atoms with Crippen molar-refractivity contribution < 1.29 is 9.90 Å². The summed E-state index contributed by atoms with van der Waals surface area (Å²) >= 11 is 0. The largest absolute Gasteiger partial charge is 0.481 e. The predicted octanol–water partition coefficient (Wildman–Crippen LogP) is 2.52. The topological polar surface area (TPSA) is 40.5 Å². The Labute approximate surface area is 102 Å². The van der Waals surface area contributed by atoms with Gasteiger partial charge < -0.3 is 5.11 Å². The number of rotatable bonds is 5. The van der Waals surface area contributed by atoms with Crippen molar-refractivity contribution in [3.05, 3.63) is 35.9 Å². The third-order valence-electron chi connectivity index (χ3n) is 3.42. The first kappa shape index (κ1) is 12.1. The molecule has 0 amide bonds. The maximum atomic E-state index is 10.6. The van der Waals surface area contributed by atoms with Gasteiger partial charge in [-0.05, 0) is 31.4 Å². The van der Waals surface area contributed by atoms with Crippen molar-refractivity contribution in [1.82, 2.24) is 4.90 Å². The molecule has 1 N–H and O–H groups in total. The van der Waals surface area contributed by atoms with E-state index < -0.39 is 5.97 Å². The SMILES string of the molecule is O=C(O)CCC1CCCN1Cc1ccccc1. The van der Waals surface area contributed by atoms with Gasteiger partial charge in [0, 0.05) is 19.0 Å². The third kappa shape index (κ3) is 3.56. The van der Waals surface area contributed by atoms with Crippen LogP contribution in [0.5, 0.6) is 0 Å². The smallest absolute Gasteiger partial charge is 0.303 e. The minimum absolute atomic E-state index is 0.288. The van der Waals surface area contributed by atoms with Crippen LogP contribution in [0.1, 0.15) is 31.2 Å². The van der Waals surface area contributed by atoms with Gasteiger partial charge in [0.1, 0.15) is 0 Å². The lowest BCUT2D eigenvalue weighted by Gasteiger charge is -2.24. The summed E-state index contributed by atoms with van der Waals surface area (Å²) in [4.78, 5) is 13.0. The van der Waals surface area contributed by atoms with E-state index in [1.807, 2.05) is 6.07 Å². The summed E-state index contributed by atoms with van der Waals surface area (Å²) in [7, 11) is 0. The monoisotopic (exact) mass is 233 g/mol. The highest BCUT2D eigenvalue weighted by atomic mass is 16.4. The number of hydrogen-bond acceptors (Lipinski definition) is 2. The molecule has 0 aromatic heterocycles. The van der Waals surface area contributed by atoms with Gasteiger partial charge in [-0.25, -0.2) is 0 Å². The predicted molar refractivity (Wildman–Crippen MR) is 66.7 cm³/mol. The van der Waals surface area contributed by atoms with Crippen molar-refractivity contribution in [2.45, 2.75) is 38.3 Å². The molecule has 1 aromatic carbocycles. The molecule has 1 fully saturated rings. The number of carboxylic acid groups (broad SMARTS) is 1. The van der Waals surface area contributed by atoms with Crippen LogP contribution in [0.15, 0.2) is 30.3 Å². The number of hydrogen-bond donors (Lipinski definition) is 1. The van der Waals surface area contributed by atoms with Gasteiger partial charge in [0.25, 0.3) is 0 Å². The highest BCUT2D eigenvalue weighted by molar-refractivity contribution is 5.66. The number of carbonyl (C=O) groups is 1. The first-order valence-electron chi connectivity index (χ1n) is 6.25. The van der Waals surface area contributed by atoms with Crippen LogP contribution in [0.4, 0.5) is 0 Å². The van der Waals surface area contributed by atoms with Crippen LogP contribution < -0.4 is 0 Å². The highest BCUT2D eigenvalue weighted by Crippen LogP contribution is 2.23. The molecule has 1 aromatic rings. The molecule has 0 aliphatic carbocycles. The molecule has 92 valence electrons. The molecule has 2 rings (SSSR count). The zero-order chi connectivity index (χ0) is 12.1. The van der Waals surface area contributed by atoms with Gasteiger partial charge in [-0.2, -0.15) is 0 Å². The maximum absolute atomic E-state index is 10.6. The lowest BCUT2D eigenvalue weighted by atomic mass is 10.1. The molecule has 1 saturated heterocycles. The Morgan fingerprint density at radius 3 is 2.82 bits per heavy atom. The Morgan fingerprint density at radius 2 is 2.12 bits per heavy atom. The van der Waals surface area contributed by atoms with E-state index >= 15 is 0 Å². The summed E-state index contributed by atoms with van der Waals surface area (Å²) in [5, 5.41) is 8.73. The van der Waals surface area contributed by atoms with E-state index in [9.17, 15) is 4.79 Å². The molecule has 1 heterocycles. The first-order chi connectivity index (χ1) is 8.25. The van der Waals surface area contributed by atoms with E-state index in [0.29, 0.717) is 6.04 Å². The molecule has 0 spiro atoms. The Kier molecular flexibility index (Phi) is 4.15. The van der Waals surface area contributed by atoms with Gasteiger partial charge in [-0.15, -0.1) is 0 Å². The molecule has 1 aliphatic rings. The zero-order valence-electron chi connectivity index (χ0n) is 10.0. The van der Waals surface area contributed by atoms with Crippen LogP contribution in [-0.2, 0) is 11.3 Å². The van der Waals surface area contributed by atoms with Crippen molar-refractivity contribution in [2.75, 3.05) is 6.54 Å². The number of aliphatic carboxylic acids is 1. The minimum Gasteiger partial charge on any atom is -0.481 e. The van der Waals surface area contributed by atoms with Crippen molar-refractivity contribution in [3.8, 4) is 0 Å². The Balaban J connectivity index is 1.89. The van der Waals surface area contributed by atoms with E-state index in [1.54, 1.807) is 0 Å². The average molecular weight is 233 g/mol. The van der Waals surface area contributed by atoms with E-state index in [4.69, 9.17) is 5.11 Å². The summed E-state index contributed by atoms with van der Waals surface area (Å²) < 4.78 is 0. The second-order valence-electron chi connectivity index (χ2n) is 4.68. The fraction of sp³-hybridized carbons (Fsp3) is 0.500. The Bertz CT molecular complexity index is 364. The van der Waals surface area contributed by atoms with Gasteiger partial charge in [0.05, 0.1) is 0 Å². The summed E-state index contributed by atoms with van der Waals surface area (Å²) in [6, 6.07) is 10.8. The molecular formula is C14H19NO2. The van der Waals surface area contributed by atoms with Crippen LogP contribution in [0, 0.1) is 0 Å². The molecule has 3 heteroatoms. The van der Waals surface area contributed by atoms with Gasteiger partial charge in [-0.1, -0.05) is 30.3 Å². The molecule has 1 atom stereocenters. The average Bonchev–Trinajstić information content (AvgIpc) is 2.75. The molecule has 3 nitrogen and oxygen atoms in total. The van der Waals surface area contributed by atoms with Gasteiger partial charge in [-0.3, -0.25) is 9.69 Å². The number of likely N-dealkylation sites (tertiary alicyclic amines) is 1.